The van der Waals surface area contributed by atoms with Gasteiger partial charge in [-0.3, -0.25) is 0 Å². The first-order valence-electron chi connectivity index (χ1n) is 3.14. The quantitative estimate of drug-likeness (QED) is 0.416. The van der Waals surface area contributed by atoms with Crippen LogP contribution in [0.3, 0.4) is 0 Å². The average molecular weight is 135 g/mol. The molecule has 52 valence electrons. The van der Waals surface area contributed by atoms with Crippen LogP contribution in [0.4, 0.5) is 0 Å². The fourth-order valence-electron chi connectivity index (χ4n) is 0.745. The van der Waals surface area contributed by atoms with Crippen molar-refractivity contribution in [3.8, 4) is 6.07 Å². The van der Waals surface area contributed by atoms with Crippen LogP contribution in [0.1, 0.15) is 6.42 Å². The Morgan fingerprint density at radius 3 is 3.10 bits per heavy atom. The summed E-state index contributed by atoms with van der Waals surface area (Å²) in [5.41, 5.74) is 0. The highest BCUT2D eigenvalue weighted by molar-refractivity contribution is 4.66. The van der Waals surface area contributed by atoms with Crippen LogP contribution in [0, 0.1) is 17.7 Å². The lowest BCUT2D eigenvalue weighted by Crippen LogP contribution is -2.31. The van der Waals surface area contributed by atoms with Gasteiger partial charge in [-0.2, -0.15) is 5.26 Å². The average Bonchev–Trinajstić information content (AvgIpc) is 2.31. The van der Waals surface area contributed by atoms with Gasteiger partial charge in [-0.25, -0.2) is 0 Å². The van der Waals surface area contributed by atoms with Crippen molar-refractivity contribution in [2.45, 2.75) is 13.0 Å². The Bertz CT molecular complexity index is 244. The third-order valence-electron chi connectivity index (χ3n) is 1.22. The second kappa shape index (κ2) is 3.02. The molecule has 0 radical (unpaired) electrons. The number of imidazole rings is 1. The molecule has 0 aliphatic rings. The summed E-state index contributed by atoms with van der Waals surface area (Å²) in [7, 11) is 1.91. The summed E-state index contributed by atoms with van der Waals surface area (Å²) in [4.78, 5) is 0. The van der Waals surface area contributed by atoms with Crippen LogP contribution in [-0.4, -0.2) is 4.57 Å². The Balaban J connectivity index is 2.52. The number of nitriles is 1. The molecule has 1 aromatic heterocycles. The Morgan fingerprint density at radius 1 is 1.80 bits per heavy atom. The highest BCUT2D eigenvalue weighted by Gasteiger charge is 1.89. The summed E-state index contributed by atoms with van der Waals surface area (Å²) < 4.78 is 3.70. The summed E-state index contributed by atoms with van der Waals surface area (Å²) in [6, 6.07) is 2.08. The topological polar surface area (TPSA) is 32.6 Å². The lowest BCUT2D eigenvalue weighted by Gasteiger charge is -1.92. The van der Waals surface area contributed by atoms with Gasteiger partial charge in [0.1, 0.15) is 0 Å². The van der Waals surface area contributed by atoms with E-state index in [0.29, 0.717) is 6.42 Å². The van der Waals surface area contributed by atoms with E-state index >= 15 is 0 Å². The van der Waals surface area contributed by atoms with E-state index in [-0.39, 0.29) is 0 Å². The van der Waals surface area contributed by atoms with Crippen LogP contribution in [0.2, 0.25) is 0 Å². The van der Waals surface area contributed by atoms with Gasteiger partial charge in [-0.05, 0) is 12.4 Å². The maximum atomic E-state index is 8.25. The minimum atomic E-state index is 0.547. The van der Waals surface area contributed by atoms with Crippen LogP contribution in [0.5, 0.6) is 0 Å². The summed E-state index contributed by atoms with van der Waals surface area (Å²) in [5, 5.41) is 8.25. The van der Waals surface area contributed by atoms with Gasteiger partial charge in [0.15, 0.2) is 0 Å². The first-order chi connectivity index (χ1) is 4.83. The molecule has 0 fully saturated rings. The van der Waals surface area contributed by atoms with Crippen molar-refractivity contribution in [3.63, 3.8) is 0 Å². The molecule has 0 atom stereocenters. The number of hydrogen-bond acceptors (Lipinski definition) is 1. The van der Waals surface area contributed by atoms with E-state index in [0.717, 1.165) is 6.54 Å². The number of nitrogens with zero attached hydrogens (tertiary/aromatic N) is 3. The van der Waals surface area contributed by atoms with E-state index in [9.17, 15) is 0 Å². The van der Waals surface area contributed by atoms with Gasteiger partial charge in [0.2, 0.25) is 6.33 Å². The maximum Gasteiger partial charge on any atom is 0.203 e. The molecular weight excluding hydrogens is 126 g/mol. The van der Waals surface area contributed by atoms with Crippen LogP contribution in [-0.2, 0) is 13.6 Å². The van der Waals surface area contributed by atoms with Gasteiger partial charge in [0.25, 0.3) is 0 Å². The van der Waals surface area contributed by atoms with Gasteiger partial charge < -0.3 is 9.13 Å². The molecule has 0 bridgehead atoms. The summed E-state index contributed by atoms with van der Waals surface area (Å²) in [6.07, 6.45) is 7.34. The fourth-order valence-corrected chi connectivity index (χ4v) is 0.745. The summed E-state index contributed by atoms with van der Waals surface area (Å²) in [6.45, 7) is 0.733. The lowest BCUT2D eigenvalue weighted by atomic mass is 10.5. The van der Waals surface area contributed by atoms with Crippen molar-refractivity contribution in [1.82, 2.24) is 4.57 Å². The van der Waals surface area contributed by atoms with E-state index < -0.39 is 0 Å². The smallest absolute Gasteiger partial charge is 0.203 e. The minimum absolute atomic E-state index is 0.547. The predicted octanol–water partition coefficient (Wildman–Crippen LogP) is 0.0265. The van der Waals surface area contributed by atoms with E-state index in [4.69, 9.17) is 5.26 Å². The van der Waals surface area contributed by atoms with Crippen LogP contribution >= 0.6 is 0 Å². The normalized spacial score (nSPS) is 9.20. The molecule has 3 nitrogen and oxygen atoms in total. The van der Waals surface area contributed by atoms with Crippen LogP contribution < -0.4 is 4.57 Å². The molecule has 3 heteroatoms. The minimum Gasteiger partial charge on any atom is -0.354 e. The van der Waals surface area contributed by atoms with Crippen LogP contribution in [0.15, 0.2) is 12.4 Å². The van der Waals surface area contributed by atoms with E-state index in [1.165, 1.54) is 0 Å². The van der Waals surface area contributed by atoms with Crippen LogP contribution in [0.25, 0.3) is 0 Å². The Labute approximate surface area is 60.1 Å². The lowest BCUT2D eigenvalue weighted by molar-refractivity contribution is -0.699. The van der Waals surface area contributed by atoms with Gasteiger partial charge in [0, 0.05) is 0 Å². The van der Waals surface area contributed by atoms with E-state index in [2.05, 4.69) is 12.4 Å². The number of aromatic nitrogens is 2. The Morgan fingerprint density at radius 2 is 2.60 bits per heavy atom. The molecule has 0 N–H and O–H groups in total. The van der Waals surface area contributed by atoms with E-state index in [1.807, 2.05) is 28.6 Å². The van der Waals surface area contributed by atoms with Crippen molar-refractivity contribution in [1.29, 1.82) is 5.26 Å². The van der Waals surface area contributed by atoms with Gasteiger partial charge in [0.05, 0.1) is 26.1 Å². The standard InChI is InChI=1S/C7H9N3/c1-9-5-6-10(7-9)4-2-3-8/h5-6H,2,4H2,1H3. The second-order valence-electron chi connectivity index (χ2n) is 2.11. The number of aryl methyl sites for hydroxylation is 2. The molecule has 0 aromatic carbocycles. The van der Waals surface area contributed by atoms with Crippen molar-refractivity contribution in [2.24, 2.45) is 7.05 Å². The second-order valence-corrected chi connectivity index (χ2v) is 2.11. The first-order valence-corrected chi connectivity index (χ1v) is 3.14. The zero-order valence-corrected chi connectivity index (χ0v) is 5.91. The molecule has 1 rings (SSSR count). The highest BCUT2D eigenvalue weighted by atomic mass is 15.1. The molecule has 1 aromatic rings. The SMILES string of the molecule is Cn1[c-][n+](CCC#N)cc1. The van der Waals surface area contributed by atoms with Gasteiger partial charge in [-0.15, -0.1) is 0 Å². The fraction of sp³-hybridized carbons (Fsp3) is 0.429. The zero-order valence-electron chi connectivity index (χ0n) is 5.91. The first kappa shape index (κ1) is 6.81. The summed E-state index contributed by atoms with van der Waals surface area (Å²) >= 11 is 0. The molecule has 0 aliphatic carbocycles. The molecule has 0 amide bonds. The van der Waals surface area contributed by atoms with Crippen molar-refractivity contribution >= 4 is 0 Å². The maximum absolute atomic E-state index is 8.25. The molecule has 0 spiro atoms. The van der Waals surface area contributed by atoms with Crippen molar-refractivity contribution in [2.75, 3.05) is 0 Å². The third-order valence-corrected chi connectivity index (χ3v) is 1.22. The Kier molecular flexibility index (Phi) is 2.06. The van der Waals surface area contributed by atoms with E-state index in [1.54, 1.807) is 0 Å². The molecule has 0 aliphatic heterocycles. The molecule has 0 saturated carbocycles. The predicted molar refractivity (Wildman–Crippen MR) is 34.7 cm³/mol. The molecule has 1 heterocycles. The number of rotatable bonds is 2. The Hall–Kier alpha value is -1.30. The summed E-state index contributed by atoms with van der Waals surface area (Å²) in [5.74, 6) is 0. The molecule has 0 saturated heterocycles. The molecular formula is C7H9N3. The highest BCUT2D eigenvalue weighted by Crippen LogP contribution is 1.78. The molecule has 0 unspecified atom stereocenters. The van der Waals surface area contributed by atoms with Crippen molar-refractivity contribution < 1.29 is 4.57 Å². The van der Waals surface area contributed by atoms with Crippen molar-refractivity contribution in [3.05, 3.63) is 18.7 Å². The largest absolute Gasteiger partial charge is 0.354 e. The number of hydrogen-bond donors (Lipinski definition) is 0. The third kappa shape index (κ3) is 1.59. The zero-order chi connectivity index (χ0) is 7.40. The van der Waals surface area contributed by atoms with Gasteiger partial charge >= 0.3 is 0 Å². The molecule has 10 heavy (non-hydrogen) atoms. The monoisotopic (exact) mass is 135 g/mol. The van der Waals surface area contributed by atoms with Gasteiger partial charge in [-0.1, -0.05) is 0 Å².